The summed E-state index contributed by atoms with van der Waals surface area (Å²) in [4.78, 5) is 12.5. The molecule has 0 aliphatic heterocycles. The molecule has 0 radical (unpaired) electrons. The van der Waals surface area contributed by atoms with Gasteiger partial charge in [0.25, 0.3) is 0 Å². The topological polar surface area (TPSA) is 26.3 Å². The number of unbranched alkanes of at least 4 members (excludes halogenated alkanes) is 2. The number of rotatable bonds is 8. The highest BCUT2D eigenvalue weighted by molar-refractivity contribution is 5.98. The van der Waals surface area contributed by atoms with Gasteiger partial charge in [0.05, 0.1) is 12.2 Å². The van der Waals surface area contributed by atoms with Crippen LogP contribution >= 0.6 is 0 Å². The number of benzene rings is 2. The van der Waals surface area contributed by atoms with Crippen LogP contribution in [-0.2, 0) is 4.74 Å². The van der Waals surface area contributed by atoms with E-state index in [9.17, 15) is 4.79 Å². The minimum Gasteiger partial charge on any atom is -0.462 e. The molecule has 25 heavy (non-hydrogen) atoms. The van der Waals surface area contributed by atoms with Crippen molar-refractivity contribution in [3.8, 4) is 0 Å². The van der Waals surface area contributed by atoms with E-state index < -0.39 is 0 Å². The van der Waals surface area contributed by atoms with Gasteiger partial charge in [-0.15, -0.1) is 0 Å². The van der Waals surface area contributed by atoms with Gasteiger partial charge in [0.2, 0.25) is 0 Å². The summed E-state index contributed by atoms with van der Waals surface area (Å²) in [6.45, 7) is 6.50. The highest BCUT2D eigenvalue weighted by atomic mass is 16.5. The largest absolute Gasteiger partial charge is 0.462 e. The van der Waals surface area contributed by atoms with Crippen LogP contribution < -0.4 is 0 Å². The van der Waals surface area contributed by atoms with Gasteiger partial charge < -0.3 is 4.74 Å². The van der Waals surface area contributed by atoms with Crippen molar-refractivity contribution in [2.24, 2.45) is 0 Å². The zero-order valence-corrected chi connectivity index (χ0v) is 15.5. The first-order chi connectivity index (χ1) is 12.2. The maximum atomic E-state index is 12.5. The second-order valence-electron chi connectivity index (χ2n) is 6.26. The number of carbonyl (C=O) groups excluding carboxylic acids is 1. The molecule has 0 heterocycles. The van der Waals surface area contributed by atoms with Crippen molar-refractivity contribution in [1.82, 2.24) is 0 Å². The summed E-state index contributed by atoms with van der Waals surface area (Å²) < 4.78 is 5.28. The average molecular weight is 336 g/mol. The Labute approximate surface area is 151 Å². The molecule has 132 valence electrons. The number of allylic oxidation sites excluding steroid dienone is 1. The Hall–Kier alpha value is -2.35. The van der Waals surface area contributed by atoms with E-state index in [1.165, 1.54) is 18.4 Å². The van der Waals surface area contributed by atoms with Crippen molar-refractivity contribution >= 4 is 17.6 Å². The summed E-state index contributed by atoms with van der Waals surface area (Å²) in [5.41, 5.74) is 5.18. The lowest BCUT2D eigenvalue weighted by atomic mass is 9.90. The second kappa shape index (κ2) is 9.83. The van der Waals surface area contributed by atoms with E-state index in [4.69, 9.17) is 4.74 Å². The monoisotopic (exact) mass is 336 g/mol. The van der Waals surface area contributed by atoms with Crippen LogP contribution in [0.25, 0.3) is 11.6 Å². The molecule has 0 bridgehead atoms. The Morgan fingerprint density at radius 2 is 1.76 bits per heavy atom. The van der Waals surface area contributed by atoms with Crippen LogP contribution in [0.1, 0.15) is 66.6 Å². The van der Waals surface area contributed by atoms with Crippen molar-refractivity contribution in [1.29, 1.82) is 0 Å². The smallest absolute Gasteiger partial charge is 0.338 e. The fraction of sp³-hybridized carbons (Fsp3) is 0.348. The van der Waals surface area contributed by atoms with Gasteiger partial charge in [-0.3, -0.25) is 0 Å². The summed E-state index contributed by atoms with van der Waals surface area (Å²) in [6.07, 6.45) is 6.65. The highest BCUT2D eigenvalue weighted by Gasteiger charge is 2.17. The van der Waals surface area contributed by atoms with Crippen LogP contribution in [0.2, 0.25) is 0 Å². The summed E-state index contributed by atoms with van der Waals surface area (Å²) in [5.74, 6) is -0.240. The molecule has 2 heteroatoms. The Balaban J connectivity index is 2.49. The molecular weight excluding hydrogens is 308 g/mol. The van der Waals surface area contributed by atoms with Gasteiger partial charge in [0, 0.05) is 0 Å². The quantitative estimate of drug-likeness (QED) is 0.321. The first-order valence-corrected chi connectivity index (χ1v) is 9.20. The molecule has 0 saturated heterocycles. The summed E-state index contributed by atoms with van der Waals surface area (Å²) in [6, 6.07) is 16.2. The van der Waals surface area contributed by atoms with Crippen LogP contribution in [0.5, 0.6) is 0 Å². The van der Waals surface area contributed by atoms with Gasteiger partial charge in [-0.1, -0.05) is 68.3 Å². The van der Waals surface area contributed by atoms with Gasteiger partial charge in [0.1, 0.15) is 0 Å². The first kappa shape index (κ1) is 19.0. The van der Waals surface area contributed by atoms with Gasteiger partial charge in [-0.2, -0.15) is 0 Å². The van der Waals surface area contributed by atoms with E-state index in [2.05, 4.69) is 38.1 Å². The number of ether oxygens (including phenoxy) is 1. The second-order valence-corrected chi connectivity index (χ2v) is 6.26. The average Bonchev–Trinajstić information content (AvgIpc) is 2.62. The molecule has 0 aliphatic rings. The molecule has 0 unspecified atom stereocenters. The van der Waals surface area contributed by atoms with Crippen molar-refractivity contribution in [3.05, 3.63) is 70.8 Å². The maximum Gasteiger partial charge on any atom is 0.338 e. The SMILES string of the molecule is CCCCC/C(=C/c1ccccc1)c1c(C)cccc1C(=O)OCC. The molecule has 0 atom stereocenters. The van der Waals surface area contributed by atoms with E-state index in [1.807, 2.05) is 37.3 Å². The lowest BCUT2D eigenvalue weighted by Gasteiger charge is -2.16. The summed E-state index contributed by atoms with van der Waals surface area (Å²) >= 11 is 0. The summed E-state index contributed by atoms with van der Waals surface area (Å²) in [5, 5.41) is 0. The standard InChI is InChI=1S/C23H28O2/c1-4-6-8-15-20(17-19-13-9-7-10-14-19)22-18(3)12-11-16-21(22)23(24)25-5-2/h7,9-14,16-17H,4-6,8,15H2,1-3H3/b20-17-. The Morgan fingerprint density at radius 3 is 2.44 bits per heavy atom. The van der Waals surface area contributed by atoms with Gasteiger partial charge in [-0.25, -0.2) is 4.79 Å². The van der Waals surface area contributed by atoms with Crippen molar-refractivity contribution in [2.45, 2.75) is 46.5 Å². The third-order valence-electron chi connectivity index (χ3n) is 4.28. The maximum absolute atomic E-state index is 12.5. The molecular formula is C23H28O2. The number of esters is 1. The molecule has 0 amide bonds. The number of aryl methyl sites for hydroxylation is 1. The Morgan fingerprint density at radius 1 is 1.00 bits per heavy atom. The van der Waals surface area contributed by atoms with Gasteiger partial charge >= 0.3 is 5.97 Å². The summed E-state index contributed by atoms with van der Waals surface area (Å²) in [7, 11) is 0. The van der Waals surface area contributed by atoms with Gasteiger partial charge in [-0.05, 0) is 55.0 Å². The van der Waals surface area contributed by atoms with E-state index in [1.54, 1.807) is 0 Å². The van der Waals surface area contributed by atoms with Crippen LogP contribution in [0.4, 0.5) is 0 Å². The van der Waals surface area contributed by atoms with Crippen molar-refractivity contribution in [2.75, 3.05) is 6.61 Å². The van der Waals surface area contributed by atoms with E-state index in [-0.39, 0.29) is 5.97 Å². The minimum absolute atomic E-state index is 0.240. The minimum atomic E-state index is -0.240. The number of hydrogen-bond donors (Lipinski definition) is 0. The van der Waals surface area contributed by atoms with E-state index >= 15 is 0 Å². The van der Waals surface area contributed by atoms with Crippen LogP contribution in [0.3, 0.4) is 0 Å². The molecule has 2 nitrogen and oxygen atoms in total. The zero-order chi connectivity index (χ0) is 18.1. The van der Waals surface area contributed by atoms with Gasteiger partial charge in [0.15, 0.2) is 0 Å². The molecule has 2 aromatic rings. The number of hydrogen-bond acceptors (Lipinski definition) is 2. The third kappa shape index (κ3) is 5.32. The molecule has 0 aromatic heterocycles. The van der Waals surface area contributed by atoms with Crippen molar-refractivity contribution < 1.29 is 9.53 Å². The molecule has 0 fully saturated rings. The van der Waals surface area contributed by atoms with Crippen molar-refractivity contribution in [3.63, 3.8) is 0 Å². The zero-order valence-electron chi connectivity index (χ0n) is 15.5. The van der Waals surface area contributed by atoms with Crippen LogP contribution in [0.15, 0.2) is 48.5 Å². The highest BCUT2D eigenvalue weighted by Crippen LogP contribution is 2.30. The molecule has 0 spiro atoms. The number of carbonyl (C=O) groups is 1. The molecule has 2 aromatic carbocycles. The fourth-order valence-corrected chi connectivity index (χ4v) is 3.06. The fourth-order valence-electron chi connectivity index (χ4n) is 3.06. The van der Waals surface area contributed by atoms with Crippen LogP contribution in [-0.4, -0.2) is 12.6 Å². The molecule has 0 aliphatic carbocycles. The molecule has 0 N–H and O–H groups in total. The lowest BCUT2D eigenvalue weighted by Crippen LogP contribution is -2.09. The Bertz CT molecular complexity index is 714. The van der Waals surface area contributed by atoms with E-state index in [0.717, 1.165) is 29.5 Å². The molecule has 0 saturated carbocycles. The normalized spacial score (nSPS) is 11.4. The third-order valence-corrected chi connectivity index (χ3v) is 4.28. The van der Waals surface area contributed by atoms with E-state index in [0.29, 0.717) is 12.2 Å². The first-order valence-electron chi connectivity index (χ1n) is 9.20. The predicted octanol–water partition coefficient (Wildman–Crippen LogP) is 6.29. The molecule has 2 rings (SSSR count). The Kier molecular flexibility index (Phi) is 7.46. The van der Waals surface area contributed by atoms with Crippen LogP contribution in [0, 0.1) is 6.92 Å². The lowest BCUT2D eigenvalue weighted by molar-refractivity contribution is 0.0526. The predicted molar refractivity (Wildman–Crippen MR) is 106 cm³/mol.